The Morgan fingerprint density at radius 2 is 1.91 bits per heavy atom. The molecule has 1 unspecified atom stereocenters. The lowest BCUT2D eigenvalue weighted by Crippen LogP contribution is -2.29. The Hall–Kier alpha value is -3.84. The number of aromatic nitrogens is 1. The van der Waals surface area contributed by atoms with Crippen LogP contribution in [0.15, 0.2) is 72.9 Å². The summed E-state index contributed by atoms with van der Waals surface area (Å²) in [6.45, 7) is 0.306. The fourth-order valence-corrected chi connectivity index (χ4v) is 3.98. The Labute approximate surface area is 189 Å². The highest BCUT2D eigenvalue weighted by molar-refractivity contribution is 6.34. The molecule has 3 aromatic carbocycles. The zero-order chi connectivity index (χ0) is 22.7. The van der Waals surface area contributed by atoms with Crippen LogP contribution in [0.3, 0.4) is 0 Å². The lowest BCUT2D eigenvalue weighted by molar-refractivity contribution is -0.384. The molecule has 0 saturated heterocycles. The van der Waals surface area contributed by atoms with Crippen molar-refractivity contribution in [2.45, 2.75) is 5.92 Å². The minimum absolute atomic E-state index is 0.0322. The maximum absolute atomic E-state index is 12.8. The lowest BCUT2D eigenvalue weighted by atomic mass is 9.90. The number of nitrogens with one attached hydrogen (secondary N) is 2. The van der Waals surface area contributed by atoms with E-state index in [-0.39, 0.29) is 22.2 Å². The molecule has 0 bridgehead atoms. The number of non-ortho nitro benzene ring substituents is 1. The van der Waals surface area contributed by atoms with Crippen LogP contribution in [-0.2, 0) is 0 Å². The molecule has 0 radical (unpaired) electrons. The number of nitro groups is 1. The fourth-order valence-electron chi connectivity index (χ4n) is 3.72. The Morgan fingerprint density at radius 1 is 1.16 bits per heavy atom. The van der Waals surface area contributed by atoms with Crippen LogP contribution in [0.5, 0.6) is 5.75 Å². The van der Waals surface area contributed by atoms with Crippen LogP contribution in [-0.4, -0.2) is 29.5 Å². The van der Waals surface area contributed by atoms with Crippen LogP contribution >= 0.6 is 11.6 Å². The van der Waals surface area contributed by atoms with Crippen molar-refractivity contribution in [2.75, 3.05) is 13.7 Å². The van der Waals surface area contributed by atoms with Gasteiger partial charge in [-0.1, -0.05) is 41.9 Å². The van der Waals surface area contributed by atoms with E-state index in [9.17, 15) is 14.9 Å². The number of carbonyl (C=O) groups is 1. The zero-order valence-electron chi connectivity index (χ0n) is 17.2. The molecule has 32 heavy (non-hydrogen) atoms. The molecule has 1 aromatic heterocycles. The molecule has 162 valence electrons. The molecule has 0 saturated carbocycles. The second-order valence-corrected chi connectivity index (χ2v) is 7.65. The first-order valence-corrected chi connectivity index (χ1v) is 10.3. The van der Waals surface area contributed by atoms with Crippen molar-refractivity contribution >= 4 is 34.1 Å². The third kappa shape index (κ3) is 4.29. The Kier molecular flexibility index (Phi) is 6.09. The highest BCUT2D eigenvalue weighted by Crippen LogP contribution is 2.31. The summed E-state index contributed by atoms with van der Waals surface area (Å²) in [7, 11) is 1.61. The first-order chi connectivity index (χ1) is 15.5. The minimum atomic E-state index is -0.551. The molecule has 4 rings (SSSR count). The number of hydrogen-bond donors (Lipinski definition) is 2. The molecule has 7 nitrogen and oxygen atoms in total. The molecule has 1 heterocycles. The summed E-state index contributed by atoms with van der Waals surface area (Å²) in [6.07, 6.45) is 1.95. The van der Waals surface area contributed by atoms with Crippen LogP contribution < -0.4 is 10.1 Å². The first kappa shape index (κ1) is 21.4. The molecule has 0 fully saturated rings. The molecule has 0 spiro atoms. The van der Waals surface area contributed by atoms with Crippen LogP contribution in [0.25, 0.3) is 10.9 Å². The molecule has 8 heteroatoms. The van der Waals surface area contributed by atoms with Gasteiger partial charge >= 0.3 is 0 Å². The third-order valence-electron chi connectivity index (χ3n) is 5.39. The van der Waals surface area contributed by atoms with Crippen molar-refractivity contribution < 1.29 is 14.5 Å². The number of amides is 1. The number of nitro benzene ring substituents is 1. The van der Waals surface area contributed by atoms with Gasteiger partial charge in [-0.3, -0.25) is 14.9 Å². The molecule has 0 aliphatic carbocycles. The van der Waals surface area contributed by atoms with Crippen molar-refractivity contribution in [1.29, 1.82) is 0 Å². The van der Waals surface area contributed by atoms with Gasteiger partial charge in [-0.25, -0.2) is 0 Å². The average Bonchev–Trinajstić information content (AvgIpc) is 3.23. The van der Waals surface area contributed by atoms with Crippen LogP contribution in [0.4, 0.5) is 5.69 Å². The molecule has 0 aliphatic rings. The predicted molar refractivity (Wildman–Crippen MR) is 124 cm³/mol. The van der Waals surface area contributed by atoms with Crippen molar-refractivity contribution in [3.05, 3.63) is 105 Å². The van der Waals surface area contributed by atoms with Gasteiger partial charge in [-0.05, 0) is 35.4 Å². The van der Waals surface area contributed by atoms with E-state index in [0.717, 1.165) is 27.8 Å². The molecule has 2 N–H and O–H groups in total. The van der Waals surface area contributed by atoms with Gasteiger partial charge in [0.15, 0.2) is 0 Å². The number of H-pyrrole nitrogens is 1. The van der Waals surface area contributed by atoms with E-state index >= 15 is 0 Å². The SMILES string of the molecule is COc1ccc(C(CNC(=O)c2ccc([N+](=O)[O-])cc2Cl)c2c[nH]c3ccccc23)cc1. The topological polar surface area (TPSA) is 97.3 Å². The van der Waals surface area contributed by atoms with E-state index in [2.05, 4.69) is 10.3 Å². The molecule has 0 aliphatic heterocycles. The van der Waals surface area contributed by atoms with E-state index < -0.39 is 10.8 Å². The molecular formula is C24H20ClN3O4. The molecule has 1 amide bonds. The third-order valence-corrected chi connectivity index (χ3v) is 5.70. The largest absolute Gasteiger partial charge is 0.497 e. The van der Waals surface area contributed by atoms with E-state index in [1.807, 2.05) is 54.7 Å². The number of fused-ring (bicyclic) bond motifs is 1. The van der Waals surface area contributed by atoms with Crippen molar-refractivity contribution in [3.63, 3.8) is 0 Å². The van der Waals surface area contributed by atoms with Gasteiger partial charge in [-0.2, -0.15) is 0 Å². The van der Waals surface area contributed by atoms with E-state index in [4.69, 9.17) is 16.3 Å². The zero-order valence-corrected chi connectivity index (χ0v) is 17.9. The van der Waals surface area contributed by atoms with Crippen molar-refractivity contribution in [1.82, 2.24) is 10.3 Å². The quantitative estimate of drug-likeness (QED) is 0.295. The number of halogens is 1. The van der Waals surface area contributed by atoms with Crippen LogP contribution in [0.2, 0.25) is 5.02 Å². The number of nitrogens with zero attached hydrogens (tertiary/aromatic N) is 1. The van der Waals surface area contributed by atoms with Crippen LogP contribution in [0, 0.1) is 10.1 Å². The van der Waals surface area contributed by atoms with Gasteiger partial charge in [0.2, 0.25) is 0 Å². The number of carbonyl (C=O) groups excluding carboxylic acids is 1. The highest BCUT2D eigenvalue weighted by Gasteiger charge is 2.21. The number of para-hydroxylation sites is 1. The average molecular weight is 450 g/mol. The van der Waals surface area contributed by atoms with Crippen molar-refractivity contribution in [3.8, 4) is 5.75 Å². The maximum Gasteiger partial charge on any atom is 0.270 e. The molecule has 4 aromatic rings. The van der Waals surface area contributed by atoms with Gasteiger partial charge < -0.3 is 15.0 Å². The second kappa shape index (κ2) is 9.11. The summed E-state index contributed by atoms with van der Waals surface area (Å²) in [6, 6.07) is 19.5. The number of methoxy groups -OCH3 is 1. The van der Waals surface area contributed by atoms with Gasteiger partial charge in [0.1, 0.15) is 5.75 Å². The van der Waals surface area contributed by atoms with E-state index in [1.165, 1.54) is 18.2 Å². The lowest BCUT2D eigenvalue weighted by Gasteiger charge is -2.19. The predicted octanol–water partition coefficient (Wildman–Crippen LogP) is 5.30. The van der Waals surface area contributed by atoms with Gasteiger partial charge in [0.25, 0.3) is 11.6 Å². The number of benzene rings is 3. The molecular weight excluding hydrogens is 430 g/mol. The number of rotatable bonds is 7. The Balaban J connectivity index is 1.63. The molecule has 1 atom stereocenters. The van der Waals surface area contributed by atoms with Gasteiger partial charge in [0.05, 0.1) is 22.6 Å². The maximum atomic E-state index is 12.8. The van der Waals surface area contributed by atoms with E-state index in [0.29, 0.717) is 6.54 Å². The highest BCUT2D eigenvalue weighted by atomic mass is 35.5. The minimum Gasteiger partial charge on any atom is -0.497 e. The summed E-state index contributed by atoms with van der Waals surface area (Å²) < 4.78 is 5.27. The van der Waals surface area contributed by atoms with Crippen molar-refractivity contribution in [2.24, 2.45) is 0 Å². The standard InChI is InChI=1S/C24H20ClN3O4/c1-32-17-9-6-15(7-10-17)20(21-14-26-23-5-3-2-4-18(21)23)13-27-24(29)19-11-8-16(28(30)31)12-22(19)25/h2-12,14,20,26H,13H2,1H3,(H,27,29). The van der Waals surface area contributed by atoms with Crippen LogP contribution in [0.1, 0.15) is 27.4 Å². The summed E-state index contributed by atoms with van der Waals surface area (Å²) in [5.41, 5.74) is 3.07. The number of hydrogen-bond acceptors (Lipinski definition) is 4. The van der Waals surface area contributed by atoms with Gasteiger partial charge in [0, 0.05) is 41.7 Å². The van der Waals surface area contributed by atoms with E-state index in [1.54, 1.807) is 7.11 Å². The fraction of sp³-hybridized carbons (Fsp3) is 0.125. The monoisotopic (exact) mass is 449 g/mol. The summed E-state index contributed by atoms with van der Waals surface area (Å²) in [5.74, 6) is 0.203. The first-order valence-electron chi connectivity index (χ1n) is 9.90. The summed E-state index contributed by atoms with van der Waals surface area (Å²) in [4.78, 5) is 26.5. The smallest absolute Gasteiger partial charge is 0.270 e. The van der Waals surface area contributed by atoms with Gasteiger partial charge in [-0.15, -0.1) is 0 Å². The normalized spacial score (nSPS) is 11.8. The number of ether oxygens (including phenoxy) is 1. The summed E-state index contributed by atoms with van der Waals surface area (Å²) >= 11 is 6.13. The second-order valence-electron chi connectivity index (χ2n) is 7.25. The number of aromatic amines is 1. The Morgan fingerprint density at radius 3 is 2.59 bits per heavy atom. The summed E-state index contributed by atoms with van der Waals surface area (Å²) in [5, 5.41) is 15.0. The Bertz CT molecular complexity index is 1280.